The first-order chi connectivity index (χ1) is 9.61. The van der Waals surface area contributed by atoms with Crippen molar-refractivity contribution in [3.8, 4) is 5.75 Å². The molecule has 0 bridgehead atoms. The van der Waals surface area contributed by atoms with E-state index in [-0.39, 0.29) is 6.10 Å². The van der Waals surface area contributed by atoms with Crippen LogP contribution < -0.4 is 15.8 Å². The third kappa shape index (κ3) is 2.42. The molecule has 0 spiro atoms. The topological polar surface area (TPSA) is 72.5 Å². The van der Waals surface area contributed by atoms with Gasteiger partial charge in [0.25, 0.3) is 0 Å². The minimum Gasteiger partial charge on any atom is -0.481 e. The van der Waals surface area contributed by atoms with E-state index in [2.05, 4.69) is 15.3 Å². The number of nitrogens with zero attached hydrogens (tertiary/aromatic N) is 2. The molecule has 0 saturated heterocycles. The number of hydrogen-bond acceptors (Lipinski definition) is 4. The standard InChI is InChI=1S/C15H16N4O/c1-9-5-6-17-14(7-9)19-15-10(2)20-13-4-3-11(16)8-12(13)18-15/h3-8,10H,16H2,1-2H3,(H,17,18,19). The number of rotatable bonds is 1. The number of anilines is 2. The molecule has 0 radical (unpaired) electrons. The highest BCUT2D eigenvalue weighted by atomic mass is 16.5. The number of hydrogen-bond donors (Lipinski definition) is 2. The van der Waals surface area contributed by atoms with Gasteiger partial charge in [0.05, 0.1) is 5.69 Å². The van der Waals surface area contributed by atoms with Crippen LogP contribution in [-0.4, -0.2) is 16.9 Å². The van der Waals surface area contributed by atoms with Crippen LogP contribution in [0.1, 0.15) is 12.5 Å². The van der Waals surface area contributed by atoms with Crippen LogP contribution in [0, 0.1) is 6.92 Å². The largest absolute Gasteiger partial charge is 0.481 e. The van der Waals surface area contributed by atoms with Gasteiger partial charge in [0, 0.05) is 11.9 Å². The Labute approximate surface area is 117 Å². The number of amidine groups is 1. The zero-order valence-electron chi connectivity index (χ0n) is 11.4. The summed E-state index contributed by atoms with van der Waals surface area (Å²) in [6.07, 6.45) is 1.59. The molecule has 1 aromatic heterocycles. The van der Waals surface area contributed by atoms with Crippen LogP contribution in [0.2, 0.25) is 0 Å². The first-order valence-electron chi connectivity index (χ1n) is 6.46. The van der Waals surface area contributed by atoms with Gasteiger partial charge in [-0.1, -0.05) is 0 Å². The average molecular weight is 268 g/mol. The molecule has 1 aliphatic heterocycles. The van der Waals surface area contributed by atoms with Crippen molar-refractivity contribution in [2.75, 3.05) is 11.1 Å². The first kappa shape index (κ1) is 12.5. The molecule has 20 heavy (non-hydrogen) atoms. The Kier molecular flexibility index (Phi) is 3.02. The number of fused-ring (bicyclic) bond motifs is 1. The zero-order chi connectivity index (χ0) is 14.1. The minimum atomic E-state index is -0.159. The van der Waals surface area contributed by atoms with Gasteiger partial charge >= 0.3 is 0 Å². The van der Waals surface area contributed by atoms with E-state index in [4.69, 9.17) is 10.5 Å². The van der Waals surface area contributed by atoms with Crippen LogP contribution in [0.4, 0.5) is 17.2 Å². The second-order valence-electron chi connectivity index (χ2n) is 4.83. The smallest absolute Gasteiger partial charge is 0.154 e. The summed E-state index contributed by atoms with van der Waals surface area (Å²) in [4.78, 5) is 8.75. The van der Waals surface area contributed by atoms with Gasteiger partial charge in [0.1, 0.15) is 11.6 Å². The van der Waals surface area contributed by atoms with Crippen molar-refractivity contribution in [2.24, 2.45) is 4.99 Å². The lowest BCUT2D eigenvalue weighted by atomic mass is 10.2. The average Bonchev–Trinajstić information content (AvgIpc) is 2.40. The molecule has 1 aromatic carbocycles. The van der Waals surface area contributed by atoms with Gasteiger partial charge in [-0.25, -0.2) is 9.98 Å². The summed E-state index contributed by atoms with van der Waals surface area (Å²) in [5.74, 6) is 2.17. The van der Waals surface area contributed by atoms with Crippen LogP contribution in [-0.2, 0) is 0 Å². The molecule has 5 heteroatoms. The number of nitrogens with one attached hydrogen (secondary N) is 1. The monoisotopic (exact) mass is 268 g/mol. The van der Waals surface area contributed by atoms with Crippen molar-refractivity contribution in [1.82, 2.24) is 4.98 Å². The molecule has 0 saturated carbocycles. The Hall–Kier alpha value is -2.56. The van der Waals surface area contributed by atoms with Crippen molar-refractivity contribution < 1.29 is 4.74 Å². The molecule has 3 rings (SSSR count). The fourth-order valence-electron chi connectivity index (χ4n) is 2.06. The number of ether oxygens (including phenoxy) is 1. The Bertz CT molecular complexity index is 681. The summed E-state index contributed by atoms with van der Waals surface area (Å²) < 4.78 is 5.83. The molecule has 102 valence electrons. The minimum absolute atomic E-state index is 0.159. The van der Waals surface area contributed by atoms with Crippen molar-refractivity contribution in [3.63, 3.8) is 0 Å². The number of aliphatic imine (C=N–C) groups is 1. The Morgan fingerprint density at radius 3 is 2.95 bits per heavy atom. The molecule has 0 fully saturated rings. The molecule has 0 aliphatic carbocycles. The summed E-state index contributed by atoms with van der Waals surface area (Å²) in [6.45, 7) is 3.95. The first-order valence-corrected chi connectivity index (χ1v) is 6.46. The molecule has 1 aliphatic rings. The Balaban J connectivity index is 1.95. The van der Waals surface area contributed by atoms with E-state index in [1.165, 1.54) is 0 Å². The summed E-state index contributed by atoms with van der Waals surface area (Å²) in [5.41, 5.74) is 8.42. The molecule has 0 amide bonds. The van der Waals surface area contributed by atoms with Crippen molar-refractivity contribution in [3.05, 3.63) is 42.1 Å². The van der Waals surface area contributed by atoms with Crippen molar-refractivity contribution in [2.45, 2.75) is 20.0 Å². The normalized spacial score (nSPS) is 19.1. The lowest BCUT2D eigenvalue weighted by Crippen LogP contribution is -2.34. The van der Waals surface area contributed by atoms with Gasteiger partial charge in [0.15, 0.2) is 11.9 Å². The zero-order valence-corrected chi connectivity index (χ0v) is 11.4. The van der Waals surface area contributed by atoms with Crippen molar-refractivity contribution >= 4 is 23.0 Å². The molecule has 1 unspecified atom stereocenters. The van der Waals surface area contributed by atoms with E-state index in [1.54, 1.807) is 6.20 Å². The molecule has 2 heterocycles. The lowest BCUT2D eigenvalue weighted by molar-refractivity contribution is 0.283. The van der Waals surface area contributed by atoms with Crippen LogP contribution in [0.5, 0.6) is 5.75 Å². The lowest BCUT2D eigenvalue weighted by Gasteiger charge is -2.26. The van der Waals surface area contributed by atoms with Gasteiger partial charge in [-0.3, -0.25) is 0 Å². The second kappa shape index (κ2) is 4.85. The van der Waals surface area contributed by atoms with Crippen LogP contribution in [0.3, 0.4) is 0 Å². The van der Waals surface area contributed by atoms with E-state index in [1.807, 2.05) is 44.2 Å². The molecule has 2 aromatic rings. The molecule has 5 nitrogen and oxygen atoms in total. The number of aryl methyl sites for hydroxylation is 1. The van der Waals surface area contributed by atoms with Gasteiger partial charge in [-0.2, -0.15) is 0 Å². The third-order valence-corrected chi connectivity index (χ3v) is 3.09. The number of nitrogens with two attached hydrogens (primary N) is 1. The maximum Gasteiger partial charge on any atom is 0.154 e. The maximum atomic E-state index is 5.83. The van der Waals surface area contributed by atoms with E-state index in [0.717, 1.165) is 22.8 Å². The number of aromatic nitrogens is 1. The van der Waals surface area contributed by atoms with E-state index < -0.39 is 0 Å². The molecular weight excluding hydrogens is 252 g/mol. The number of benzene rings is 1. The summed E-state index contributed by atoms with van der Waals surface area (Å²) >= 11 is 0. The van der Waals surface area contributed by atoms with Crippen LogP contribution in [0.15, 0.2) is 41.5 Å². The second-order valence-corrected chi connectivity index (χ2v) is 4.83. The van der Waals surface area contributed by atoms with E-state index in [0.29, 0.717) is 11.5 Å². The summed E-state index contributed by atoms with van der Waals surface area (Å²) in [6, 6.07) is 9.37. The SMILES string of the molecule is Cc1ccnc(N=C2Nc3cc(N)ccc3OC2C)c1. The Morgan fingerprint density at radius 1 is 1.30 bits per heavy atom. The summed E-state index contributed by atoms with van der Waals surface area (Å²) in [7, 11) is 0. The Morgan fingerprint density at radius 2 is 2.15 bits per heavy atom. The van der Waals surface area contributed by atoms with Crippen LogP contribution >= 0.6 is 0 Å². The highest BCUT2D eigenvalue weighted by Crippen LogP contribution is 2.32. The molecule has 3 N–H and O–H groups in total. The quantitative estimate of drug-likeness (QED) is 0.780. The molecular formula is C15H16N4O. The molecule has 1 atom stereocenters. The van der Waals surface area contributed by atoms with Crippen LogP contribution in [0.25, 0.3) is 0 Å². The fourth-order valence-corrected chi connectivity index (χ4v) is 2.06. The number of nitrogen functional groups attached to an aromatic ring is 1. The summed E-state index contributed by atoms with van der Waals surface area (Å²) in [5, 5.41) is 3.26. The van der Waals surface area contributed by atoms with Gasteiger partial charge in [0.2, 0.25) is 0 Å². The number of pyridine rings is 1. The highest BCUT2D eigenvalue weighted by molar-refractivity contribution is 6.03. The highest BCUT2D eigenvalue weighted by Gasteiger charge is 2.22. The van der Waals surface area contributed by atoms with E-state index in [9.17, 15) is 0 Å². The third-order valence-electron chi connectivity index (χ3n) is 3.09. The van der Waals surface area contributed by atoms with Crippen molar-refractivity contribution in [1.29, 1.82) is 0 Å². The fraction of sp³-hybridized carbons (Fsp3) is 0.200. The van der Waals surface area contributed by atoms with E-state index >= 15 is 0 Å². The predicted molar refractivity (Wildman–Crippen MR) is 80.6 cm³/mol. The van der Waals surface area contributed by atoms with Gasteiger partial charge in [-0.05, 0) is 49.7 Å². The van der Waals surface area contributed by atoms with Gasteiger partial charge < -0.3 is 15.8 Å². The maximum absolute atomic E-state index is 5.83. The van der Waals surface area contributed by atoms with Gasteiger partial charge in [-0.15, -0.1) is 0 Å². The predicted octanol–water partition coefficient (Wildman–Crippen LogP) is 2.90.